The van der Waals surface area contributed by atoms with Gasteiger partial charge >= 0.3 is 5.97 Å². The molecule has 7 heteroatoms. The predicted molar refractivity (Wildman–Crippen MR) is 135 cm³/mol. The normalized spacial score (nSPS) is 21.1. The molecule has 1 saturated carbocycles. The zero-order valence-corrected chi connectivity index (χ0v) is 21.0. The van der Waals surface area contributed by atoms with E-state index in [0.29, 0.717) is 41.3 Å². The quantitative estimate of drug-likeness (QED) is 0.332. The summed E-state index contributed by atoms with van der Waals surface area (Å²) in [5, 5.41) is 7.79. The number of allylic oxidation sites excluding steroid dienone is 3. The Hall–Kier alpha value is -2.60. The van der Waals surface area contributed by atoms with E-state index in [-0.39, 0.29) is 18.6 Å². The summed E-state index contributed by atoms with van der Waals surface area (Å²) >= 11 is 6.65. The summed E-state index contributed by atoms with van der Waals surface area (Å²) in [5.74, 6) is -0.559. The molecule has 0 aromatic heterocycles. The lowest BCUT2D eigenvalue weighted by Crippen LogP contribution is -2.38. The van der Waals surface area contributed by atoms with E-state index in [2.05, 4.69) is 16.5 Å². The summed E-state index contributed by atoms with van der Waals surface area (Å²) in [7, 11) is 0. The average molecular weight is 487 g/mol. The molecule has 6 nitrogen and oxygen atoms in total. The van der Waals surface area contributed by atoms with Crippen molar-refractivity contribution in [2.75, 3.05) is 13.2 Å². The molecule has 184 valence electrons. The highest BCUT2D eigenvalue weighted by molar-refractivity contribution is 6.33. The number of aryl methyl sites for hydroxylation is 2. The van der Waals surface area contributed by atoms with E-state index in [4.69, 9.17) is 21.2 Å². The topological polar surface area (TPSA) is 77.0 Å². The first-order valence-electron chi connectivity index (χ1n) is 12.2. The molecule has 1 aromatic carbocycles. The molecule has 1 aliphatic heterocycles. The Balaban J connectivity index is 1.80. The van der Waals surface area contributed by atoms with Crippen LogP contribution < -0.4 is 5.32 Å². The third kappa shape index (κ3) is 7.73. The van der Waals surface area contributed by atoms with Crippen molar-refractivity contribution in [1.29, 1.82) is 0 Å². The van der Waals surface area contributed by atoms with Crippen LogP contribution in [0, 0.1) is 13.8 Å². The van der Waals surface area contributed by atoms with Crippen molar-refractivity contribution < 1.29 is 19.2 Å². The van der Waals surface area contributed by atoms with E-state index in [1.54, 1.807) is 0 Å². The number of halogens is 1. The summed E-state index contributed by atoms with van der Waals surface area (Å²) < 4.78 is 5.52. The van der Waals surface area contributed by atoms with Crippen LogP contribution in [0.25, 0.3) is 0 Å². The summed E-state index contributed by atoms with van der Waals surface area (Å²) in [6.07, 6.45) is 16.2. The van der Waals surface area contributed by atoms with Crippen LogP contribution in [0.5, 0.6) is 0 Å². The van der Waals surface area contributed by atoms with Crippen molar-refractivity contribution in [1.82, 2.24) is 5.32 Å². The molecule has 0 atom stereocenters. The summed E-state index contributed by atoms with van der Waals surface area (Å²) in [5.41, 5.74) is 3.40. The van der Waals surface area contributed by atoms with Gasteiger partial charge in [-0.3, -0.25) is 4.79 Å². The molecule has 1 aliphatic carbocycles. The maximum atomic E-state index is 12.9. The van der Waals surface area contributed by atoms with Gasteiger partial charge in [-0.05, 0) is 68.7 Å². The van der Waals surface area contributed by atoms with Crippen molar-refractivity contribution in [2.24, 2.45) is 5.16 Å². The van der Waals surface area contributed by atoms with Crippen LogP contribution in [-0.2, 0) is 20.8 Å². The second-order valence-corrected chi connectivity index (χ2v) is 9.37. The molecule has 3 rings (SSSR count). The number of fused-ring (bicyclic) bond motifs is 1. The van der Waals surface area contributed by atoms with E-state index < -0.39 is 5.97 Å². The number of benzene rings is 1. The molecule has 0 saturated heterocycles. The van der Waals surface area contributed by atoms with Gasteiger partial charge in [0, 0.05) is 17.5 Å². The highest BCUT2D eigenvalue weighted by atomic mass is 35.5. The fraction of sp³-hybridized carbons (Fsp3) is 0.519. The fourth-order valence-electron chi connectivity index (χ4n) is 4.43. The van der Waals surface area contributed by atoms with Crippen molar-refractivity contribution in [3.63, 3.8) is 0 Å². The van der Waals surface area contributed by atoms with Gasteiger partial charge in [0.05, 0.1) is 17.9 Å². The highest BCUT2D eigenvalue weighted by Gasteiger charge is 2.22. The number of nitrogens with one attached hydrogen (secondary N) is 1. The zero-order chi connectivity index (χ0) is 24.3. The first kappa shape index (κ1) is 26.0. The number of esters is 1. The average Bonchev–Trinajstić information content (AvgIpc) is 2.81. The standard InChI is InChI=1S/C27H35ClN2O4/c1-19-16-20(2)26(28)23-17-22(30-34-18-24(31)29-21-12-9-7-10-13-21)14-8-5-3-4-6-11-15-33-27(32)25(19)23/h4,6,8,14,16,21H,3,5,7,9-13,15,17-18H2,1-2H3,(H,29,31)/b6-4+,14-8+,30-22-. The molecule has 1 amide bonds. The highest BCUT2D eigenvalue weighted by Crippen LogP contribution is 2.29. The summed E-state index contributed by atoms with van der Waals surface area (Å²) in [6.45, 7) is 3.96. The molecule has 0 radical (unpaired) electrons. The number of amides is 1. The molecule has 0 bridgehead atoms. The molecule has 1 N–H and O–H groups in total. The summed E-state index contributed by atoms with van der Waals surface area (Å²) in [4.78, 5) is 30.7. The van der Waals surface area contributed by atoms with Crippen LogP contribution in [0.2, 0.25) is 5.02 Å². The van der Waals surface area contributed by atoms with E-state index in [9.17, 15) is 9.59 Å². The van der Waals surface area contributed by atoms with Gasteiger partial charge in [0.1, 0.15) is 0 Å². The third-order valence-corrected chi connectivity index (χ3v) is 6.67. The minimum atomic E-state index is -0.393. The molecule has 0 unspecified atom stereocenters. The lowest BCUT2D eigenvalue weighted by Gasteiger charge is -2.22. The summed E-state index contributed by atoms with van der Waals surface area (Å²) in [6, 6.07) is 2.12. The monoisotopic (exact) mass is 486 g/mol. The SMILES string of the molecule is Cc1cc(C)c2c(c1Cl)CC(=N\OCC(=O)NC1CCCCC1)/C=C/CC/C=C/CCOC2=O. The Morgan fingerprint density at radius 3 is 2.65 bits per heavy atom. The largest absolute Gasteiger partial charge is 0.462 e. The van der Waals surface area contributed by atoms with Gasteiger partial charge in [-0.25, -0.2) is 4.79 Å². The van der Waals surface area contributed by atoms with Gasteiger partial charge in [-0.15, -0.1) is 0 Å². The van der Waals surface area contributed by atoms with Gasteiger partial charge in [-0.1, -0.05) is 60.3 Å². The minimum absolute atomic E-state index is 0.147. The van der Waals surface area contributed by atoms with Crippen LogP contribution in [0.1, 0.15) is 78.4 Å². The maximum Gasteiger partial charge on any atom is 0.338 e. The zero-order valence-electron chi connectivity index (χ0n) is 20.2. The minimum Gasteiger partial charge on any atom is -0.462 e. The van der Waals surface area contributed by atoms with Crippen LogP contribution in [0.3, 0.4) is 0 Å². The predicted octanol–water partition coefficient (Wildman–Crippen LogP) is 5.77. The number of nitrogens with zero attached hydrogens (tertiary/aromatic N) is 1. The number of ether oxygens (including phenoxy) is 1. The van der Waals surface area contributed by atoms with Gasteiger partial charge in [0.25, 0.3) is 5.91 Å². The molecule has 1 aromatic rings. The maximum absolute atomic E-state index is 12.9. The van der Waals surface area contributed by atoms with E-state index in [1.165, 1.54) is 6.42 Å². The Morgan fingerprint density at radius 2 is 1.85 bits per heavy atom. The van der Waals surface area contributed by atoms with Crippen molar-refractivity contribution in [3.05, 3.63) is 57.6 Å². The lowest BCUT2D eigenvalue weighted by molar-refractivity contribution is -0.126. The van der Waals surface area contributed by atoms with Crippen LogP contribution >= 0.6 is 11.6 Å². The van der Waals surface area contributed by atoms with Gasteiger partial charge in [0.2, 0.25) is 0 Å². The van der Waals surface area contributed by atoms with E-state index in [1.807, 2.05) is 38.1 Å². The number of rotatable bonds is 4. The molecular weight excluding hydrogens is 452 g/mol. The Kier molecular flexibility index (Phi) is 10.2. The number of oxime groups is 1. The molecule has 34 heavy (non-hydrogen) atoms. The smallest absolute Gasteiger partial charge is 0.338 e. The molecule has 1 heterocycles. The van der Waals surface area contributed by atoms with Crippen molar-refractivity contribution in [3.8, 4) is 0 Å². The number of carbonyl (C=O) groups excluding carboxylic acids is 2. The molecule has 2 aliphatic rings. The lowest BCUT2D eigenvalue weighted by atomic mass is 9.94. The van der Waals surface area contributed by atoms with Gasteiger partial charge < -0.3 is 14.9 Å². The first-order chi connectivity index (χ1) is 16.5. The van der Waals surface area contributed by atoms with Gasteiger partial charge in [0.15, 0.2) is 6.61 Å². The number of carbonyl (C=O) groups is 2. The van der Waals surface area contributed by atoms with Crippen LogP contribution in [-0.4, -0.2) is 36.8 Å². The second-order valence-electron chi connectivity index (χ2n) is 8.99. The molecular formula is C27H35ClN2O4. The number of cyclic esters (lactones) is 1. The molecule has 0 spiro atoms. The van der Waals surface area contributed by atoms with Crippen molar-refractivity contribution in [2.45, 2.75) is 77.7 Å². The fourth-order valence-corrected chi connectivity index (χ4v) is 4.64. The van der Waals surface area contributed by atoms with Gasteiger partial charge in [-0.2, -0.15) is 0 Å². The van der Waals surface area contributed by atoms with Crippen LogP contribution in [0.4, 0.5) is 0 Å². The number of hydrogen-bond acceptors (Lipinski definition) is 5. The van der Waals surface area contributed by atoms with E-state index in [0.717, 1.165) is 49.7 Å². The van der Waals surface area contributed by atoms with Crippen molar-refractivity contribution >= 4 is 29.2 Å². The Labute approximate surface area is 207 Å². The Morgan fingerprint density at radius 1 is 1.12 bits per heavy atom. The number of hydrogen-bond donors (Lipinski definition) is 1. The second kappa shape index (κ2) is 13.3. The molecule has 1 fully saturated rings. The third-order valence-electron chi connectivity index (χ3n) is 6.14. The van der Waals surface area contributed by atoms with E-state index >= 15 is 0 Å². The first-order valence-corrected chi connectivity index (χ1v) is 12.6. The van der Waals surface area contributed by atoms with Crippen LogP contribution in [0.15, 0.2) is 35.5 Å². The Bertz CT molecular complexity index is 962.